The Kier molecular flexibility index (Phi) is 4.49. The van der Waals surface area contributed by atoms with Crippen LogP contribution in [0, 0.1) is 0 Å². The third-order valence-electron chi connectivity index (χ3n) is 1.37. The lowest BCUT2D eigenvalue weighted by molar-refractivity contribution is -0.119. The summed E-state index contributed by atoms with van der Waals surface area (Å²) in [7, 11) is 0. The molecule has 0 aromatic heterocycles. The second-order valence-electron chi connectivity index (χ2n) is 3.40. The van der Waals surface area contributed by atoms with Gasteiger partial charge in [-0.1, -0.05) is 22.5 Å². The third-order valence-corrected chi connectivity index (χ3v) is 1.66. The normalized spacial score (nSPS) is 11.2. The van der Waals surface area contributed by atoms with E-state index in [-0.39, 0.29) is 11.4 Å². The van der Waals surface area contributed by atoms with Crippen molar-refractivity contribution in [2.45, 2.75) is 25.8 Å². The van der Waals surface area contributed by atoms with Crippen LogP contribution in [0.2, 0.25) is 0 Å². The molecule has 0 fully saturated rings. The molecule has 0 aliphatic heterocycles. The Labute approximate surface area is 81.5 Å². The number of halogens is 1. The molecule has 0 saturated carbocycles. The van der Waals surface area contributed by atoms with Gasteiger partial charge in [-0.3, -0.25) is 4.79 Å². The highest BCUT2D eigenvalue weighted by atomic mass is 79.9. The first-order chi connectivity index (χ1) is 5.33. The molecule has 12 heavy (non-hydrogen) atoms. The maximum atomic E-state index is 10.6. The molecule has 0 bridgehead atoms. The summed E-state index contributed by atoms with van der Waals surface area (Å²) >= 11 is 3.22. The Hall–Kier alpha value is -0.350. The van der Waals surface area contributed by atoms with Crippen LogP contribution in [0.1, 0.15) is 20.3 Å². The van der Waals surface area contributed by atoms with Gasteiger partial charge in [-0.05, 0) is 13.8 Å². The molecule has 0 aliphatic carbocycles. The van der Waals surface area contributed by atoms with Crippen LogP contribution in [0.25, 0.3) is 0 Å². The molecule has 0 saturated heterocycles. The van der Waals surface area contributed by atoms with Crippen LogP contribution in [0.3, 0.4) is 0 Å². The predicted molar refractivity (Wildman–Crippen MR) is 54.0 cm³/mol. The van der Waals surface area contributed by atoms with Gasteiger partial charge in [0.25, 0.3) is 0 Å². The molecule has 0 atom stereocenters. The number of nitrogens with one attached hydrogen (secondary N) is 1. The monoisotopic (exact) mass is 234 g/mol. The fraction of sp³-hybridized carbons (Fsp3) is 0.625. The Bertz CT molecular complexity index is 189. The number of nitrogens with two attached hydrogens (primary N) is 1. The van der Waals surface area contributed by atoms with Crippen LogP contribution >= 0.6 is 15.9 Å². The van der Waals surface area contributed by atoms with Crippen molar-refractivity contribution in [1.82, 2.24) is 5.32 Å². The van der Waals surface area contributed by atoms with E-state index in [9.17, 15) is 4.79 Å². The smallest absolute Gasteiger partial charge is 0.219 e. The van der Waals surface area contributed by atoms with Gasteiger partial charge in [0.1, 0.15) is 0 Å². The van der Waals surface area contributed by atoms with Gasteiger partial charge in [0.2, 0.25) is 5.91 Å². The fourth-order valence-corrected chi connectivity index (χ4v) is 0.973. The van der Waals surface area contributed by atoms with Crippen molar-refractivity contribution >= 4 is 21.8 Å². The van der Waals surface area contributed by atoms with Crippen LogP contribution < -0.4 is 11.1 Å². The zero-order valence-electron chi connectivity index (χ0n) is 7.48. The van der Waals surface area contributed by atoms with Crippen molar-refractivity contribution in [3.05, 3.63) is 11.1 Å². The minimum absolute atomic E-state index is 0.261. The molecule has 0 rings (SSSR count). The van der Waals surface area contributed by atoms with Crippen LogP contribution in [-0.2, 0) is 4.79 Å². The molecular formula is C8H15BrN2O. The van der Waals surface area contributed by atoms with E-state index in [1.54, 1.807) is 0 Å². The van der Waals surface area contributed by atoms with Crippen LogP contribution in [0.5, 0.6) is 0 Å². The van der Waals surface area contributed by atoms with Crippen molar-refractivity contribution in [2.24, 2.45) is 5.73 Å². The number of hydrogen-bond acceptors (Lipinski definition) is 2. The van der Waals surface area contributed by atoms with Gasteiger partial charge in [0.05, 0.1) is 0 Å². The van der Waals surface area contributed by atoms with E-state index in [1.165, 1.54) is 0 Å². The van der Waals surface area contributed by atoms with Gasteiger partial charge < -0.3 is 11.1 Å². The fourth-order valence-electron chi connectivity index (χ4n) is 0.833. The SMILES string of the molecule is C=C(Br)CNC(C)(C)CC(N)=O. The molecule has 3 N–H and O–H groups in total. The summed E-state index contributed by atoms with van der Waals surface area (Å²) in [5, 5.41) is 3.14. The summed E-state index contributed by atoms with van der Waals surface area (Å²) in [5.41, 5.74) is 4.81. The maximum Gasteiger partial charge on any atom is 0.219 e. The summed E-state index contributed by atoms with van der Waals surface area (Å²) in [6.07, 6.45) is 0.327. The molecule has 0 heterocycles. The first kappa shape index (κ1) is 11.6. The van der Waals surface area contributed by atoms with E-state index in [1.807, 2.05) is 13.8 Å². The minimum Gasteiger partial charge on any atom is -0.370 e. The van der Waals surface area contributed by atoms with E-state index in [0.717, 1.165) is 4.48 Å². The largest absolute Gasteiger partial charge is 0.370 e. The number of primary amides is 1. The Balaban J connectivity index is 3.86. The average molecular weight is 235 g/mol. The predicted octanol–water partition coefficient (Wildman–Crippen LogP) is 1.14. The van der Waals surface area contributed by atoms with Crippen molar-refractivity contribution in [1.29, 1.82) is 0 Å². The quantitative estimate of drug-likeness (QED) is 0.750. The number of hydrogen-bond donors (Lipinski definition) is 2. The highest BCUT2D eigenvalue weighted by molar-refractivity contribution is 9.11. The zero-order valence-corrected chi connectivity index (χ0v) is 9.07. The molecule has 0 aliphatic rings. The summed E-state index contributed by atoms with van der Waals surface area (Å²) in [4.78, 5) is 10.6. The van der Waals surface area contributed by atoms with Crippen LogP contribution in [-0.4, -0.2) is 18.0 Å². The standard InChI is InChI=1S/C8H15BrN2O/c1-6(9)5-11-8(2,3)4-7(10)12/h11H,1,4-5H2,2-3H3,(H2,10,12). The Morgan fingerprint density at radius 3 is 2.50 bits per heavy atom. The van der Waals surface area contributed by atoms with E-state index in [0.29, 0.717) is 13.0 Å². The van der Waals surface area contributed by atoms with E-state index >= 15 is 0 Å². The zero-order chi connectivity index (χ0) is 9.78. The summed E-state index contributed by atoms with van der Waals surface area (Å²) in [5.74, 6) is -0.298. The summed E-state index contributed by atoms with van der Waals surface area (Å²) in [6, 6.07) is 0. The highest BCUT2D eigenvalue weighted by Gasteiger charge is 2.19. The summed E-state index contributed by atoms with van der Waals surface area (Å²) < 4.78 is 0.861. The molecule has 0 unspecified atom stereocenters. The lowest BCUT2D eigenvalue weighted by atomic mass is 10.0. The van der Waals surface area contributed by atoms with E-state index in [4.69, 9.17) is 5.73 Å². The lowest BCUT2D eigenvalue weighted by Crippen LogP contribution is -2.43. The van der Waals surface area contributed by atoms with Crippen molar-refractivity contribution < 1.29 is 4.79 Å². The van der Waals surface area contributed by atoms with Gasteiger partial charge in [0, 0.05) is 23.0 Å². The lowest BCUT2D eigenvalue weighted by Gasteiger charge is -2.24. The number of rotatable bonds is 5. The second-order valence-corrected chi connectivity index (χ2v) is 4.52. The minimum atomic E-state index is -0.298. The number of carbonyl (C=O) groups is 1. The van der Waals surface area contributed by atoms with Gasteiger partial charge >= 0.3 is 0 Å². The molecule has 4 heteroatoms. The first-order valence-corrected chi connectivity index (χ1v) is 4.49. The molecule has 0 aromatic carbocycles. The molecule has 70 valence electrons. The topological polar surface area (TPSA) is 55.1 Å². The number of carbonyl (C=O) groups excluding carboxylic acids is 1. The Morgan fingerprint density at radius 2 is 2.17 bits per heavy atom. The molecule has 3 nitrogen and oxygen atoms in total. The van der Waals surface area contributed by atoms with Gasteiger partial charge in [-0.25, -0.2) is 0 Å². The van der Waals surface area contributed by atoms with Gasteiger partial charge in [-0.15, -0.1) is 0 Å². The Morgan fingerprint density at radius 1 is 1.67 bits per heavy atom. The van der Waals surface area contributed by atoms with E-state index in [2.05, 4.69) is 27.8 Å². The van der Waals surface area contributed by atoms with Gasteiger partial charge in [0.15, 0.2) is 0 Å². The molecule has 0 aromatic rings. The van der Waals surface area contributed by atoms with E-state index < -0.39 is 0 Å². The first-order valence-electron chi connectivity index (χ1n) is 3.70. The average Bonchev–Trinajstić information content (AvgIpc) is 1.81. The van der Waals surface area contributed by atoms with Crippen LogP contribution in [0.4, 0.5) is 0 Å². The number of amides is 1. The molecule has 0 spiro atoms. The molecule has 0 radical (unpaired) electrons. The van der Waals surface area contributed by atoms with Gasteiger partial charge in [-0.2, -0.15) is 0 Å². The summed E-state index contributed by atoms with van der Waals surface area (Å²) in [6.45, 7) is 8.16. The molecular weight excluding hydrogens is 220 g/mol. The molecule has 1 amide bonds. The van der Waals surface area contributed by atoms with Crippen LogP contribution in [0.15, 0.2) is 11.1 Å². The van der Waals surface area contributed by atoms with Crippen molar-refractivity contribution in [3.8, 4) is 0 Å². The third kappa shape index (κ3) is 6.37. The second kappa shape index (κ2) is 4.62. The highest BCUT2D eigenvalue weighted by Crippen LogP contribution is 2.09. The van der Waals surface area contributed by atoms with Crippen molar-refractivity contribution in [3.63, 3.8) is 0 Å². The maximum absolute atomic E-state index is 10.6. The van der Waals surface area contributed by atoms with Crippen molar-refractivity contribution in [2.75, 3.05) is 6.54 Å².